The summed E-state index contributed by atoms with van der Waals surface area (Å²) >= 11 is 3.66. The van der Waals surface area contributed by atoms with Crippen molar-refractivity contribution in [2.75, 3.05) is 39.8 Å². The summed E-state index contributed by atoms with van der Waals surface area (Å²) in [6.45, 7) is 9.97. The molecule has 0 amide bonds. The van der Waals surface area contributed by atoms with E-state index >= 15 is 0 Å². The number of likely N-dealkylation sites (N-methyl/N-ethyl adjacent to an activating group) is 1. The highest BCUT2D eigenvalue weighted by Crippen LogP contribution is 2.27. The van der Waals surface area contributed by atoms with Crippen LogP contribution in [-0.4, -0.2) is 65.2 Å². The number of nitrogens with zero attached hydrogens (tertiary/aromatic N) is 4. The van der Waals surface area contributed by atoms with Crippen molar-refractivity contribution >= 4 is 15.9 Å². The van der Waals surface area contributed by atoms with Crippen LogP contribution in [0.25, 0.3) is 0 Å². The molecule has 6 heteroatoms. The molecule has 0 radical (unpaired) electrons. The van der Waals surface area contributed by atoms with Crippen LogP contribution >= 0.6 is 15.9 Å². The number of imidazole rings is 1. The summed E-state index contributed by atoms with van der Waals surface area (Å²) in [6, 6.07) is 0.978. The second-order valence-electron chi connectivity index (χ2n) is 5.77. The van der Waals surface area contributed by atoms with E-state index in [1.165, 1.54) is 0 Å². The lowest BCUT2D eigenvalue weighted by Crippen LogP contribution is -2.51. The van der Waals surface area contributed by atoms with Crippen LogP contribution in [0.2, 0.25) is 0 Å². The van der Waals surface area contributed by atoms with Crippen LogP contribution in [0.5, 0.6) is 0 Å². The molecule has 20 heavy (non-hydrogen) atoms. The molecule has 0 aromatic carbocycles. The van der Waals surface area contributed by atoms with E-state index in [0.717, 1.165) is 43.0 Å². The van der Waals surface area contributed by atoms with Gasteiger partial charge in [0.1, 0.15) is 4.60 Å². The van der Waals surface area contributed by atoms with Crippen molar-refractivity contribution in [1.29, 1.82) is 0 Å². The number of rotatable bonds is 5. The van der Waals surface area contributed by atoms with Gasteiger partial charge < -0.3 is 9.88 Å². The summed E-state index contributed by atoms with van der Waals surface area (Å²) in [4.78, 5) is 9.67. The standard InChI is InChI=1S/C14H26BrN5/c1-11(2)19-5-7-20(8-6-19)12(9-16-3)13-14(15)18(4)10-17-13/h10-12,16H,5-9H2,1-4H3. The van der Waals surface area contributed by atoms with Crippen molar-refractivity contribution in [3.8, 4) is 0 Å². The Kier molecular flexibility index (Phi) is 5.60. The highest BCUT2D eigenvalue weighted by atomic mass is 79.9. The summed E-state index contributed by atoms with van der Waals surface area (Å²) < 4.78 is 3.12. The fourth-order valence-corrected chi connectivity index (χ4v) is 3.27. The van der Waals surface area contributed by atoms with Gasteiger partial charge >= 0.3 is 0 Å². The van der Waals surface area contributed by atoms with Crippen LogP contribution in [-0.2, 0) is 7.05 Å². The maximum absolute atomic E-state index is 4.58. The molecule has 1 aromatic heterocycles. The lowest BCUT2D eigenvalue weighted by molar-refractivity contribution is 0.0765. The molecule has 1 aliphatic heterocycles. The number of aromatic nitrogens is 2. The highest BCUT2D eigenvalue weighted by molar-refractivity contribution is 9.10. The van der Waals surface area contributed by atoms with Gasteiger partial charge in [0.2, 0.25) is 0 Å². The van der Waals surface area contributed by atoms with Gasteiger partial charge in [0.15, 0.2) is 0 Å². The molecule has 1 saturated heterocycles. The average molecular weight is 344 g/mol. The van der Waals surface area contributed by atoms with E-state index in [1.807, 2.05) is 25.0 Å². The third-order valence-electron chi connectivity index (χ3n) is 4.12. The first kappa shape index (κ1) is 15.9. The summed E-state index contributed by atoms with van der Waals surface area (Å²) in [6.07, 6.45) is 1.88. The van der Waals surface area contributed by atoms with Crippen molar-refractivity contribution in [2.45, 2.75) is 25.9 Å². The smallest absolute Gasteiger partial charge is 0.109 e. The molecular formula is C14H26BrN5. The van der Waals surface area contributed by atoms with Gasteiger partial charge in [-0.1, -0.05) is 0 Å². The highest BCUT2D eigenvalue weighted by Gasteiger charge is 2.28. The van der Waals surface area contributed by atoms with Crippen LogP contribution in [0.4, 0.5) is 0 Å². The number of hydrogen-bond acceptors (Lipinski definition) is 4. The minimum atomic E-state index is 0.338. The maximum Gasteiger partial charge on any atom is 0.109 e. The van der Waals surface area contributed by atoms with E-state index in [-0.39, 0.29) is 0 Å². The van der Waals surface area contributed by atoms with E-state index in [9.17, 15) is 0 Å². The molecule has 2 heterocycles. The minimum Gasteiger partial charge on any atom is -0.328 e. The molecule has 1 aromatic rings. The topological polar surface area (TPSA) is 36.3 Å². The molecular weight excluding hydrogens is 318 g/mol. The van der Waals surface area contributed by atoms with E-state index in [1.54, 1.807) is 0 Å². The van der Waals surface area contributed by atoms with Crippen LogP contribution in [0.3, 0.4) is 0 Å². The number of piperazine rings is 1. The third kappa shape index (κ3) is 3.42. The van der Waals surface area contributed by atoms with E-state index in [2.05, 4.69) is 49.9 Å². The molecule has 1 atom stereocenters. The summed E-state index contributed by atoms with van der Waals surface area (Å²) in [5.41, 5.74) is 1.14. The lowest BCUT2D eigenvalue weighted by Gasteiger charge is -2.40. The molecule has 0 bridgehead atoms. The molecule has 0 spiro atoms. The van der Waals surface area contributed by atoms with Crippen molar-refractivity contribution < 1.29 is 0 Å². The Morgan fingerprint density at radius 3 is 2.30 bits per heavy atom. The molecule has 0 saturated carbocycles. The molecule has 1 aliphatic rings. The SMILES string of the molecule is CNCC(c1ncn(C)c1Br)N1CCN(C(C)C)CC1. The molecule has 114 valence electrons. The molecule has 5 nitrogen and oxygen atoms in total. The molecule has 1 fully saturated rings. The average Bonchev–Trinajstić information content (AvgIpc) is 2.77. The van der Waals surface area contributed by atoms with Gasteiger partial charge in [-0.05, 0) is 36.8 Å². The van der Waals surface area contributed by atoms with E-state index in [4.69, 9.17) is 0 Å². The maximum atomic E-state index is 4.58. The number of hydrogen-bond donors (Lipinski definition) is 1. The van der Waals surface area contributed by atoms with E-state index in [0.29, 0.717) is 12.1 Å². The second-order valence-corrected chi connectivity index (χ2v) is 6.52. The van der Waals surface area contributed by atoms with Crippen LogP contribution in [0.15, 0.2) is 10.9 Å². The van der Waals surface area contributed by atoms with E-state index < -0.39 is 0 Å². The summed E-state index contributed by atoms with van der Waals surface area (Å²) in [7, 11) is 4.03. The Morgan fingerprint density at radius 2 is 1.85 bits per heavy atom. The normalized spacial score (nSPS) is 19.7. The minimum absolute atomic E-state index is 0.338. The Hall–Kier alpha value is -0.430. The largest absolute Gasteiger partial charge is 0.328 e. The van der Waals surface area contributed by atoms with Crippen LogP contribution in [0, 0.1) is 0 Å². The molecule has 0 aliphatic carbocycles. The van der Waals surface area contributed by atoms with Gasteiger partial charge in [0.25, 0.3) is 0 Å². The summed E-state index contributed by atoms with van der Waals surface area (Å²) in [5, 5.41) is 3.31. The molecule has 1 unspecified atom stereocenters. The Bertz CT molecular complexity index is 423. The Balaban J connectivity index is 2.08. The van der Waals surface area contributed by atoms with Crippen molar-refractivity contribution in [2.24, 2.45) is 7.05 Å². The number of aryl methyl sites for hydroxylation is 1. The fraction of sp³-hybridized carbons (Fsp3) is 0.786. The Labute approximate surface area is 130 Å². The predicted octanol–water partition coefficient (Wildman–Crippen LogP) is 1.47. The Morgan fingerprint density at radius 1 is 1.25 bits per heavy atom. The lowest BCUT2D eigenvalue weighted by atomic mass is 10.1. The predicted molar refractivity (Wildman–Crippen MR) is 85.9 cm³/mol. The molecule has 1 N–H and O–H groups in total. The van der Waals surface area contributed by atoms with Crippen molar-refractivity contribution in [3.05, 3.63) is 16.6 Å². The zero-order valence-electron chi connectivity index (χ0n) is 12.9. The first-order valence-electron chi connectivity index (χ1n) is 7.34. The monoisotopic (exact) mass is 343 g/mol. The van der Waals surface area contributed by atoms with Gasteiger partial charge in [-0.25, -0.2) is 4.98 Å². The number of nitrogens with one attached hydrogen (secondary N) is 1. The number of halogens is 1. The zero-order chi connectivity index (χ0) is 14.7. The fourth-order valence-electron chi connectivity index (χ4n) is 2.81. The van der Waals surface area contributed by atoms with Gasteiger partial charge in [0, 0.05) is 45.8 Å². The van der Waals surface area contributed by atoms with Gasteiger partial charge in [-0.2, -0.15) is 0 Å². The zero-order valence-corrected chi connectivity index (χ0v) is 14.5. The van der Waals surface area contributed by atoms with Gasteiger partial charge in [-0.15, -0.1) is 0 Å². The third-order valence-corrected chi connectivity index (χ3v) is 5.09. The second kappa shape index (κ2) is 7.02. The quantitative estimate of drug-likeness (QED) is 0.878. The van der Waals surface area contributed by atoms with Crippen LogP contribution < -0.4 is 5.32 Å². The first-order valence-corrected chi connectivity index (χ1v) is 8.13. The van der Waals surface area contributed by atoms with Crippen molar-refractivity contribution in [3.63, 3.8) is 0 Å². The van der Waals surface area contributed by atoms with Gasteiger partial charge in [-0.3, -0.25) is 9.80 Å². The van der Waals surface area contributed by atoms with Crippen LogP contribution in [0.1, 0.15) is 25.6 Å². The summed E-state index contributed by atoms with van der Waals surface area (Å²) in [5.74, 6) is 0. The molecule has 2 rings (SSSR count). The first-order chi connectivity index (χ1) is 9.54. The van der Waals surface area contributed by atoms with Gasteiger partial charge in [0.05, 0.1) is 18.1 Å². The van der Waals surface area contributed by atoms with Crippen molar-refractivity contribution in [1.82, 2.24) is 24.7 Å².